The molecule has 3 heteroatoms. The third-order valence-electron chi connectivity index (χ3n) is 1.59. The lowest BCUT2D eigenvalue weighted by Crippen LogP contribution is -1.89. The van der Waals surface area contributed by atoms with Gasteiger partial charge in [-0.15, -0.1) is 0 Å². The van der Waals surface area contributed by atoms with Gasteiger partial charge in [0.05, 0.1) is 0 Å². The number of benzene rings is 1. The van der Waals surface area contributed by atoms with Gasteiger partial charge >= 0.3 is 0 Å². The molecular formula is C10H9IOS. The number of aliphatic hydroxyl groups excluding tert-OH is 1. The highest BCUT2D eigenvalue weighted by atomic mass is 127. The maximum atomic E-state index is 8.70. The number of halogens is 1. The first-order valence-corrected chi connectivity index (χ1v) is 7.21. The fraction of sp³-hybridized carbons (Fsp3) is 0.200. The molecule has 1 aromatic carbocycles. The molecular weight excluding hydrogens is 295 g/mol. The van der Waals surface area contributed by atoms with Crippen molar-refractivity contribution in [1.29, 1.82) is 0 Å². The second-order valence-electron chi connectivity index (χ2n) is 2.47. The van der Waals surface area contributed by atoms with Gasteiger partial charge in [-0.05, 0) is 38.3 Å². The Morgan fingerprint density at radius 3 is 2.54 bits per heavy atom. The minimum atomic E-state index is 0.203. The summed E-state index contributed by atoms with van der Waals surface area (Å²) in [4.78, 5) is 0. The molecule has 0 saturated heterocycles. The molecule has 0 fully saturated rings. The van der Waals surface area contributed by atoms with Crippen LogP contribution in [0.15, 0.2) is 24.3 Å². The summed E-state index contributed by atoms with van der Waals surface area (Å²) in [6, 6.07) is 7.95. The maximum Gasteiger partial charge on any atom is 0.0471 e. The second kappa shape index (κ2) is 6.30. The van der Waals surface area contributed by atoms with E-state index in [-0.39, 0.29) is 6.61 Å². The third kappa shape index (κ3) is 4.03. The minimum absolute atomic E-state index is 0.203. The monoisotopic (exact) mass is 304 g/mol. The Morgan fingerprint density at radius 1 is 1.31 bits per heavy atom. The Bertz CT molecular complexity index is 310. The van der Waals surface area contributed by atoms with Crippen molar-refractivity contribution in [1.82, 2.24) is 0 Å². The van der Waals surface area contributed by atoms with Crippen LogP contribution >= 0.6 is 30.1 Å². The van der Waals surface area contributed by atoms with Crippen molar-refractivity contribution in [3.63, 3.8) is 0 Å². The normalized spacial score (nSPS) is 9.08. The summed E-state index contributed by atoms with van der Waals surface area (Å²) in [6.45, 7) is 0.203. The predicted octanol–water partition coefficient (Wildman–Crippen LogP) is 2.61. The van der Waals surface area contributed by atoms with E-state index in [9.17, 15) is 0 Å². The van der Waals surface area contributed by atoms with Crippen LogP contribution in [0, 0.1) is 11.2 Å². The highest BCUT2D eigenvalue weighted by Crippen LogP contribution is 2.09. The molecule has 0 aliphatic carbocycles. The van der Waals surface area contributed by atoms with Gasteiger partial charge in [0.15, 0.2) is 0 Å². The molecule has 1 rings (SSSR count). The molecule has 0 spiro atoms. The lowest BCUT2D eigenvalue weighted by Gasteiger charge is -1.96. The maximum absolute atomic E-state index is 8.70. The fourth-order valence-electron chi connectivity index (χ4n) is 0.962. The zero-order valence-electron chi connectivity index (χ0n) is 6.96. The summed E-state index contributed by atoms with van der Waals surface area (Å²) < 4.78 is 0. The lowest BCUT2D eigenvalue weighted by atomic mass is 10.1. The van der Waals surface area contributed by atoms with Gasteiger partial charge in [0.1, 0.15) is 0 Å². The Hall–Kier alpha value is -0.180. The van der Waals surface area contributed by atoms with Crippen LogP contribution in [-0.2, 0) is 6.42 Å². The SMILES string of the molecule is OCCc1ccc(C#CSI)cc1. The number of aliphatic hydroxyl groups is 1. The summed E-state index contributed by atoms with van der Waals surface area (Å²) >= 11 is 2.14. The van der Waals surface area contributed by atoms with Crippen LogP contribution in [0.2, 0.25) is 0 Å². The van der Waals surface area contributed by atoms with Crippen molar-refractivity contribution >= 4 is 30.1 Å². The first-order valence-electron chi connectivity index (χ1n) is 3.85. The first kappa shape index (κ1) is 10.9. The average molecular weight is 304 g/mol. The standard InChI is InChI=1S/C10H9IOS/c11-13-8-6-10-3-1-9(2-4-10)5-7-12/h1-4,12H,5,7H2. The highest BCUT2D eigenvalue weighted by Gasteiger charge is 1.90. The zero-order valence-corrected chi connectivity index (χ0v) is 9.93. The molecule has 0 aliphatic heterocycles. The molecule has 0 atom stereocenters. The Kier molecular flexibility index (Phi) is 5.28. The van der Waals surface area contributed by atoms with E-state index in [1.54, 1.807) is 0 Å². The second-order valence-corrected chi connectivity index (χ2v) is 4.15. The van der Waals surface area contributed by atoms with Crippen LogP contribution in [0.25, 0.3) is 0 Å². The van der Waals surface area contributed by atoms with Gasteiger partial charge < -0.3 is 5.11 Å². The summed E-state index contributed by atoms with van der Waals surface area (Å²) in [5.41, 5.74) is 2.17. The van der Waals surface area contributed by atoms with Crippen LogP contribution in [-0.4, -0.2) is 11.7 Å². The zero-order chi connectivity index (χ0) is 9.52. The molecule has 0 aliphatic rings. The first-order chi connectivity index (χ1) is 6.36. The summed E-state index contributed by atoms with van der Waals surface area (Å²) in [5, 5.41) is 11.6. The Labute approximate surface area is 94.5 Å². The van der Waals surface area contributed by atoms with Gasteiger partial charge in [0.2, 0.25) is 0 Å². The van der Waals surface area contributed by atoms with Crippen molar-refractivity contribution in [2.75, 3.05) is 6.61 Å². The molecule has 0 unspecified atom stereocenters. The quantitative estimate of drug-likeness (QED) is 0.669. The van der Waals surface area contributed by atoms with E-state index < -0.39 is 0 Å². The van der Waals surface area contributed by atoms with E-state index in [0.717, 1.165) is 17.5 Å². The molecule has 68 valence electrons. The van der Waals surface area contributed by atoms with Crippen molar-refractivity contribution in [2.45, 2.75) is 6.42 Å². The van der Waals surface area contributed by atoms with Crippen molar-refractivity contribution in [3.05, 3.63) is 35.4 Å². The van der Waals surface area contributed by atoms with E-state index in [4.69, 9.17) is 5.11 Å². The molecule has 13 heavy (non-hydrogen) atoms. The van der Waals surface area contributed by atoms with Crippen LogP contribution in [0.3, 0.4) is 0 Å². The number of hydrogen-bond donors (Lipinski definition) is 1. The Morgan fingerprint density at radius 2 is 2.00 bits per heavy atom. The van der Waals surface area contributed by atoms with E-state index >= 15 is 0 Å². The van der Waals surface area contributed by atoms with Crippen LogP contribution in [0.5, 0.6) is 0 Å². The lowest BCUT2D eigenvalue weighted by molar-refractivity contribution is 0.299. The van der Waals surface area contributed by atoms with Crippen molar-refractivity contribution in [3.8, 4) is 11.2 Å². The molecule has 0 amide bonds. The molecule has 0 heterocycles. The molecule has 0 aromatic heterocycles. The van der Waals surface area contributed by atoms with Crippen LogP contribution in [0.4, 0.5) is 0 Å². The molecule has 0 saturated carbocycles. The van der Waals surface area contributed by atoms with Gasteiger partial charge in [-0.2, -0.15) is 0 Å². The summed E-state index contributed by atoms with van der Waals surface area (Å²) in [6.07, 6.45) is 0.717. The van der Waals surface area contributed by atoms with Crippen LogP contribution in [0.1, 0.15) is 11.1 Å². The van der Waals surface area contributed by atoms with Crippen LogP contribution < -0.4 is 0 Å². The molecule has 0 radical (unpaired) electrons. The summed E-state index contributed by atoms with van der Waals surface area (Å²) in [7, 11) is 1.48. The third-order valence-corrected chi connectivity index (χ3v) is 2.43. The smallest absolute Gasteiger partial charge is 0.0471 e. The van der Waals surface area contributed by atoms with Gasteiger partial charge in [0.25, 0.3) is 0 Å². The van der Waals surface area contributed by atoms with E-state index in [0.29, 0.717) is 0 Å². The summed E-state index contributed by atoms with van der Waals surface area (Å²) in [5.74, 6) is 3.01. The average Bonchev–Trinajstić information content (AvgIpc) is 2.17. The van der Waals surface area contributed by atoms with E-state index in [1.807, 2.05) is 24.3 Å². The van der Waals surface area contributed by atoms with Gasteiger partial charge in [0, 0.05) is 33.4 Å². The minimum Gasteiger partial charge on any atom is -0.396 e. The van der Waals surface area contributed by atoms with Crippen molar-refractivity contribution in [2.24, 2.45) is 0 Å². The van der Waals surface area contributed by atoms with Gasteiger partial charge in [-0.1, -0.05) is 18.1 Å². The van der Waals surface area contributed by atoms with Gasteiger partial charge in [-0.25, -0.2) is 0 Å². The highest BCUT2D eigenvalue weighted by molar-refractivity contribution is 14.2. The molecule has 1 nitrogen and oxygen atoms in total. The predicted molar refractivity (Wildman–Crippen MR) is 65.7 cm³/mol. The van der Waals surface area contributed by atoms with E-state index in [2.05, 4.69) is 32.4 Å². The largest absolute Gasteiger partial charge is 0.396 e. The van der Waals surface area contributed by atoms with Gasteiger partial charge in [-0.3, -0.25) is 0 Å². The van der Waals surface area contributed by atoms with Crippen molar-refractivity contribution < 1.29 is 5.11 Å². The van der Waals surface area contributed by atoms with E-state index in [1.165, 1.54) is 8.93 Å². The number of rotatable bonds is 2. The molecule has 1 aromatic rings. The number of hydrogen-bond acceptors (Lipinski definition) is 2. The Balaban J connectivity index is 2.69. The molecule has 1 N–H and O–H groups in total. The fourth-order valence-corrected chi connectivity index (χ4v) is 1.45. The topological polar surface area (TPSA) is 20.2 Å². The molecule has 0 bridgehead atoms.